The van der Waals surface area contributed by atoms with Gasteiger partial charge in [0.1, 0.15) is 5.75 Å². The number of urea groups is 1. The van der Waals surface area contributed by atoms with Crippen molar-refractivity contribution >= 4 is 18.3 Å². The molecule has 0 radical (unpaired) electrons. The third-order valence-corrected chi connectivity index (χ3v) is 5.50. The summed E-state index contributed by atoms with van der Waals surface area (Å²) in [7, 11) is 1.55. The number of carbonyl (C=O) groups is 3. The van der Waals surface area contributed by atoms with Gasteiger partial charge >= 0.3 is 6.03 Å². The van der Waals surface area contributed by atoms with Crippen molar-refractivity contribution in [1.82, 2.24) is 25.7 Å². The molecular formula is C24H23N5O4. The van der Waals surface area contributed by atoms with Gasteiger partial charge in [-0.3, -0.25) is 14.9 Å². The molecule has 9 heteroatoms. The first kappa shape index (κ1) is 21.9. The zero-order valence-electron chi connectivity index (χ0n) is 18.2. The molecule has 0 aliphatic carbocycles. The van der Waals surface area contributed by atoms with Crippen LogP contribution in [0.15, 0.2) is 54.6 Å². The zero-order valence-corrected chi connectivity index (χ0v) is 18.2. The van der Waals surface area contributed by atoms with Gasteiger partial charge in [0.25, 0.3) is 5.91 Å². The van der Waals surface area contributed by atoms with E-state index in [1.165, 1.54) is 0 Å². The fourth-order valence-corrected chi connectivity index (χ4v) is 3.76. The van der Waals surface area contributed by atoms with Gasteiger partial charge in [0.2, 0.25) is 6.41 Å². The fraction of sp³-hybridized carbons (Fsp3) is 0.208. The lowest BCUT2D eigenvalue weighted by atomic mass is 10.0. The number of nitrogens with one attached hydrogen (secondary N) is 2. The predicted molar refractivity (Wildman–Crippen MR) is 120 cm³/mol. The Morgan fingerprint density at radius 2 is 1.94 bits per heavy atom. The summed E-state index contributed by atoms with van der Waals surface area (Å²) in [5.41, 5.74) is 4.69. The molecule has 0 unspecified atom stereocenters. The molecule has 0 fully saturated rings. The van der Waals surface area contributed by atoms with Crippen molar-refractivity contribution in [2.75, 3.05) is 13.7 Å². The average molecular weight is 445 g/mol. The van der Waals surface area contributed by atoms with Crippen LogP contribution in [0.2, 0.25) is 0 Å². The van der Waals surface area contributed by atoms with Crippen LogP contribution in [0.3, 0.4) is 0 Å². The van der Waals surface area contributed by atoms with E-state index >= 15 is 0 Å². The van der Waals surface area contributed by atoms with Gasteiger partial charge in [0.05, 0.1) is 24.5 Å². The van der Waals surface area contributed by atoms with Crippen molar-refractivity contribution < 1.29 is 19.1 Å². The number of carbonyl (C=O) groups excluding carboxylic acids is 3. The van der Waals surface area contributed by atoms with Gasteiger partial charge in [-0.15, -0.1) is 0 Å². The summed E-state index contributed by atoms with van der Waals surface area (Å²) in [6.07, 6.45) is 0.314. The Morgan fingerprint density at radius 3 is 2.61 bits per heavy atom. The van der Waals surface area contributed by atoms with Gasteiger partial charge in [-0.2, -0.15) is 10.2 Å². The van der Waals surface area contributed by atoms with Gasteiger partial charge < -0.3 is 15.0 Å². The second kappa shape index (κ2) is 9.47. The normalized spacial score (nSPS) is 13.3. The van der Waals surface area contributed by atoms with E-state index in [-0.39, 0.29) is 12.5 Å². The van der Waals surface area contributed by atoms with Gasteiger partial charge in [-0.25, -0.2) is 4.79 Å². The summed E-state index contributed by atoms with van der Waals surface area (Å²) in [6.45, 7) is 2.52. The largest absolute Gasteiger partial charge is 0.497 e. The molecule has 0 bridgehead atoms. The molecule has 4 amide bonds. The Kier molecular flexibility index (Phi) is 6.30. The molecule has 1 aromatic heterocycles. The highest BCUT2D eigenvalue weighted by molar-refractivity contribution is 5.98. The molecule has 0 saturated heterocycles. The summed E-state index contributed by atoms with van der Waals surface area (Å²) in [5.74, 6) is 0.469. The zero-order chi connectivity index (χ0) is 23.4. The number of ether oxygens (including phenoxy) is 1. The first-order valence-corrected chi connectivity index (χ1v) is 10.4. The molecule has 4 rings (SSSR count). The number of fused-ring (bicyclic) bond motifs is 1. The first-order chi connectivity index (χ1) is 16.0. The van der Waals surface area contributed by atoms with Crippen LogP contribution in [-0.2, 0) is 11.3 Å². The van der Waals surface area contributed by atoms with Gasteiger partial charge in [0, 0.05) is 24.2 Å². The van der Waals surface area contributed by atoms with E-state index in [0.717, 1.165) is 28.1 Å². The molecule has 2 N–H and O–H groups in total. The van der Waals surface area contributed by atoms with Crippen LogP contribution in [0.25, 0.3) is 11.3 Å². The topological polar surface area (TPSA) is 114 Å². The molecule has 0 saturated carbocycles. The summed E-state index contributed by atoms with van der Waals surface area (Å²) < 4.78 is 5.23. The number of amides is 4. The second-order valence-corrected chi connectivity index (χ2v) is 7.68. The summed E-state index contributed by atoms with van der Waals surface area (Å²) in [5, 5.41) is 13.1. The standard InChI is InChI=1S/C24H23N5O4/c1-15-3-10-21(28-27-15)16-4-6-17(7-5-16)22(26-24(32)25-14-30)13-29-12-18-8-9-19(33-2)11-20(18)23(29)31/h3-11,14,22H,12-13H2,1-2H3,(H2,25,26,30,32)/t22-/m0/s1. The van der Waals surface area contributed by atoms with Gasteiger partial charge in [-0.1, -0.05) is 30.3 Å². The van der Waals surface area contributed by atoms with E-state index in [9.17, 15) is 14.4 Å². The minimum Gasteiger partial charge on any atom is -0.497 e. The van der Waals surface area contributed by atoms with Gasteiger partial charge in [0.15, 0.2) is 0 Å². The number of hydrogen-bond donors (Lipinski definition) is 2. The molecule has 2 heterocycles. The van der Waals surface area contributed by atoms with E-state index in [0.29, 0.717) is 24.3 Å². The van der Waals surface area contributed by atoms with Crippen LogP contribution in [0, 0.1) is 6.92 Å². The molecule has 2 aromatic carbocycles. The molecule has 1 aliphatic heterocycles. The highest BCUT2D eigenvalue weighted by Gasteiger charge is 2.30. The lowest BCUT2D eigenvalue weighted by Crippen LogP contribution is -2.42. The Bertz CT molecular complexity index is 1180. The monoisotopic (exact) mass is 445 g/mol. The van der Waals surface area contributed by atoms with Crippen molar-refractivity contribution in [3.05, 3.63) is 77.0 Å². The Hall–Kier alpha value is -4.27. The highest BCUT2D eigenvalue weighted by atomic mass is 16.5. The molecule has 1 atom stereocenters. The highest BCUT2D eigenvalue weighted by Crippen LogP contribution is 2.29. The number of nitrogens with zero attached hydrogens (tertiary/aromatic N) is 3. The van der Waals surface area contributed by atoms with Crippen LogP contribution in [-0.4, -0.2) is 47.1 Å². The summed E-state index contributed by atoms with van der Waals surface area (Å²) in [4.78, 5) is 37.5. The minimum absolute atomic E-state index is 0.141. The van der Waals surface area contributed by atoms with Crippen molar-refractivity contribution in [3.63, 3.8) is 0 Å². The van der Waals surface area contributed by atoms with Gasteiger partial charge in [-0.05, 0) is 42.3 Å². The molecule has 33 heavy (non-hydrogen) atoms. The Morgan fingerprint density at radius 1 is 1.15 bits per heavy atom. The third kappa shape index (κ3) is 4.82. The quantitative estimate of drug-likeness (QED) is 0.541. The lowest BCUT2D eigenvalue weighted by molar-refractivity contribution is -0.108. The Balaban J connectivity index is 1.56. The number of aromatic nitrogens is 2. The van der Waals surface area contributed by atoms with E-state index in [4.69, 9.17) is 4.74 Å². The van der Waals surface area contributed by atoms with Crippen LogP contribution in [0.4, 0.5) is 4.79 Å². The maximum Gasteiger partial charge on any atom is 0.321 e. The number of benzene rings is 2. The number of imide groups is 1. The molecule has 168 valence electrons. The van der Waals surface area contributed by atoms with Crippen LogP contribution in [0.1, 0.15) is 33.2 Å². The van der Waals surface area contributed by atoms with Crippen molar-refractivity contribution in [1.29, 1.82) is 0 Å². The number of rotatable bonds is 7. The molecular weight excluding hydrogens is 422 g/mol. The van der Waals surface area contributed by atoms with Crippen molar-refractivity contribution in [2.45, 2.75) is 19.5 Å². The fourth-order valence-electron chi connectivity index (χ4n) is 3.76. The number of methoxy groups -OCH3 is 1. The van der Waals surface area contributed by atoms with E-state index in [1.54, 1.807) is 18.1 Å². The summed E-state index contributed by atoms with van der Waals surface area (Å²) >= 11 is 0. The number of aryl methyl sites for hydroxylation is 1. The van der Waals surface area contributed by atoms with E-state index in [2.05, 4.69) is 20.8 Å². The molecule has 1 aliphatic rings. The lowest BCUT2D eigenvalue weighted by Gasteiger charge is -2.25. The van der Waals surface area contributed by atoms with Crippen LogP contribution < -0.4 is 15.4 Å². The predicted octanol–water partition coefficient (Wildman–Crippen LogP) is 2.61. The first-order valence-electron chi connectivity index (χ1n) is 10.4. The minimum atomic E-state index is -0.644. The molecule has 9 nitrogen and oxygen atoms in total. The number of hydrogen-bond acceptors (Lipinski definition) is 6. The maximum absolute atomic E-state index is 13.0. The Labute approximate surface area is 190 Å². The SMILES string of the molecule is COc1ccc2c(c1)C(=O)N(C[C@H](NC(=O)NC=O)c1ccc(-c3ccc(C)nn3)cc1)C2. The van der Waals surface area contributed by atoms with E-state index < -0.39 is 12.1 Å². The smallest absolute Gasteiger partial charge is 0.321 e. The van der Waals surface area contributed by atoms with Crippen molar-refractivity contribution in [3.8, 4) is 17.0 Å². The van der Waals surface area contributed by atoms with Crippen LogP contribution in [0.5, 0.6) is 5.75 Å². The summed E-state index contributed by atoms with van der Waals surface area (Å²) in [6, 6.07) is 15.5. The van der Waals surface area contributed by atoms with Crippen LogP contribution >= 0.6 is 0 Å². The second-order valence-electron chi connectivity index (χ2n) is 7.68. The molecule has 3 aromatic rings. The third-order valence-electron chi connectivity index (χ3n) is 5.50. The maximum atomic E-state index is 13.0. The molecule has 0 spiro atoms. The van der Waals surface area contributed by atoms with Crippen molar-refractivity contribution in [2.24, 2.45) is 0 Å². The van der Waals surface area contributed by atoms with E-state index in [1.807, 2.05) is 55.5 Å². The average Bonchev–Trinajstić information content (AvgIpc) is 3.14.